The Kier molecular flexibility index (Phi) is 3.29. The first-order valence-corrected chi connectivity index (χ1v) is 5.83. The lowest BCUT2D eigenvalue weighted by atomic mass is 10.1. The Morgan fingerprint density at radius 2 is 1.89 bits per heavy atom. The standard InChI is InChI=1S/C14H15NO4/c1-14(2,3)19-10-6-4-9(5-7-10)11-12(13(16)17)18-8-15-11/h4-8H,1-3H3,(H,16,17). The Bertz CT molecular complexity index is 578. The molecule has 0 saturated heterocycles. The van der Waals surface area contributed by atoms with Crippen LogP contribution in [0.25, 0.3) is 11.3 Å². The van der Waals surface area contributed by atoms with Gasteiger partial charge in [-0.15, -0.1) is 0 Å². The molecule has 0 saturated carbocycles. The Balaban J connectivity index is 2.28. The predicted molar refractivity (Wildman–Crippen MR) is 69.3 cm³/mol. The van der Waals surface area contributed by atoms with E-state index in [1.807, 2.05) is 20.8 Å². The molecule has 1 aromatic heterocycles. The molecule has 5 nitrogen and oxygen atoms in total. The normalized spacial score (nSPS) is 11.3. The Morgan fingerprint density at radius 1 is 1.26 bits per heavy atom. The number of ether oxygens (including phenoxy) is 1. The highest BCUT2D eigenvalue weighted by Gasteiger charge is 2.17. The largest absolute Gasteiger partial charge is 0.488 e. The van der Waals surface area contributed by atoms with Gasteiger partial charge >= 0.3 is 5.97 Å². The van der Waals surface area contributed by atoms with Crippen LogP contribution in [0.1, 0.15) is 31.3 Å². The first-order chi connectivity index (χ1) is 8.87. The number of rotatable bonds is 3. The lowest BCUT2D eigenvalue weighted by Crippen LogP contribution is -2.22. The number of hydrogen-bond acceptors (Lipinski definition) is 4. The van der Waals surface area contributed by atoms with Gasteiger partial charge in [-0.3, -0.25) is 0 Å². The number of benzene rings is 1. The summed E-state index contributed by atoms with van der Waals surface area (Å²) in [6.45, 7) is 5.88. The highest BCUT2D eigenvalue weighted by molar-refractivity contribution is 5.91. The minimum Gasteiger partial charge on any atom is -0.488 e. The maximum absolute atomic E-state index is 11.0. The monoisotopic (exact) mass is 261 g/mol. The second-order valence-corrected chi connectivity index (χ2v) is 5.07. The zero-order valence-corrected chi connectivity index (χ0v) is 11.0. The molecule has 0 radical (unpaired) electrons. The minimum absolute atomic E-state index is 0.163. The first kappa shape index (κ1) is 13.1. The topological polar surface area (TPSA) is 72.6 Å². The molecule has 0 aliphatic carbocycles. The Hall–Kier alpha value is -2.30. The van der Waals surface area contributed by atoms with Gasteiger partial charge in [0.1, 0.15) is 17.0 Å². The van der Waals surface area contributed by atoms with Gasteiger partial charge in [-0.2, -0.15) is 0 Å². The van der Waals surface area contributed by atoms with Crippen LogP contribution in [0.4, 0.5) is 0 Å². The Labute approximate surface area is 110 Å². The number of aromatic nitrogens is 1. The van der Waals surface area contributed by atoms with Crippen molar-refractivity contribution in [2.45, 2.75) is 26.4 Å². The van der Waals surface area contributed by atoms with Gasteiger partial charge in [-0.25, -0.2) is 9.78 Å². The van der Waals surface area contributed by atoms with E-state index in [1.165, 1.54) is 0 Å². The van der Waals surface area contributed by atoms with E-state index < -0.39 is 5.97 Å². The average Bonchev–Trinajstić information content (AvgIpc) is 2.76. The predicted octanol–water partition coefficient (Wildman–Crippen LogP) is 3.22. The third kappa shape index (κ3) is 3.13. The van der Waals surface area contributed by atoms with Crippen molar-refractivity contribution in [2.24, 2.45) is 0 Å². The summed E-state index contributed by atoms with van der Waals surface area (Å²) in [5.74, 6) is -0.580. The summed E-state index contributed by atoms with van der Waals surface area (Å²) < 4.78 is 10.5. The molecule has 19 heavy (non-hydrogen) atoms. The van der Waals surface area contributed by atoms with E-state index >= 15 is 0 Å². The van der Waals surface area contributed by atoms with Crippen molar-refractivity contribution < 1.29 is 19.1 Å². The van der Waals surface area contributed by atoms with Gasteiger partial charge in [0.25, 0.3) is 0 Å². The fraction of sp³-hybridized carbons (Fsp3) is 0.286. The molecule has 0 amide bonds. The van der Waals surface area contributed by atoms with E-state index in [-0.39, 0.29) is 11.4 Å². The van der Waals surface area contributed by atoms with Gasteiger partial charge in [0.15, 0.2) is 6.39 Å². The van der Waals surface area contributed by atoms with Gasteiger partial charge in [-0.1, -0.05) is 0 Å². The molecule has 5 heteroatoms. The molecule has 0 aliphatic heterocycles. The third-order valence-corrected chi connectivity index (χ3v) is 2.31. The molecule has 0 spiro atoms. The molecule has 1 aromatic carbocycles. The quantitative estimate of drug-likeness (QED) is 0.918. The molecule has 0 fully saturated rings. The maximum atomic E-state index is 11.0. The van der Waals surface area contributed by atoms with Crippen LogP contribution in [0.3, 0.4) is 0 Å². The lowest BCUT2D eigenvalue weighted by molar-refractivity contribution is 0.0663. The second kappa shape index (κ2) is 4.76. The number of oxazole rings is 1. The number of hydrogen-bond donors (Lipinski definition) is 1. The SMILES string of the molecule is CC(C)(C)Oc1ccc(-c2ncoc2C(=O)O)cc1. The number of aromatic carboxylic acids is 1. The summed E-state index contributed by atoms with van der Waals surface area (Å²) in [7, 11) is 0. The van der Waals surface area contributed by atoms with E-state index in [4.69, 9.17) is 14.3 Å². The van der Waals surface area contributed by atoms with Crippen LogP contribution in [0.5, 0.6) is 5.75 Å². The van der Waals surface area contributed by atoms with E-state index in [0.717, 1.165) is 12.1 Å². The average molecular weight is 261 g/mol. The molecule has 1 heterocycles. The Morgan fingerprint density at radius 3 is 2.42 bits per heavy atom. The van der Waals surface area contributed by atoms with Crippen molar-refractivity contribution in [1.82, 2.24) is 4.98 Å². The summed E-state index contributed by atoms with van der Waals surface area (Å²) in [6.07, 6.45) is 1.12. The smallest absolute Gasteiger partial charge is 0.374 e. The molecule has 0 aliphatic rings. The van der Waals surface area contributed by atoms with Crippen LogP contribution in [0.15, 0.2) is 35.1 Å². The highest BCUT2D eigenvalue weighted by atomic mass is 16.5. The van der Waals surface area contributed by atoms with Gasteiger partial charge < -0.3 is 14.3 Å². The summed E-state index contributed by atoms with van der Waals surface area (Å²) in [5, 5.41) is 8.96. The summed E-state index contributed by atoms with van der Waals surface area (Å²) in [5.41, 5.74) is 0.712. The van der Waals surface area contributed by atoms with Crippen molar-refractivity contribution in [3.05, 3.63) is 36.4 Å². The molecule has 1 N–H and O–H groups in total. The van der Waals surface area contributed by atoms with Crippen molar-refractivity contribution >= 4 is 5.97 Å². The molecule has 2 rings (SSSR count). The van der Waals surface area contributed by atoms with E-state index in [1.54, 1.807) is 24.3 Å². The van der Waals surface area contributed by atoms with Crippen molar-refractivity contribution in [1.29, 1.82) is 0 Å². The number of carbonyl (C=O) groups is 1. The van der Waals surface area contributed by atoms with Crippen molar-refractivity contribution in [3.8, 4) is 17.0 Å². The molecular weight excluding hydrogens is 246 g/mol. The summed E-state index contributed by atoms with van der Waals surface area (Å²) in [6, 6.07) is 7.07. The maximum Gasteiger partial charge on any atom is 0.374 e. The zero-order valence-electron chi connectivity index (χ0n) is 11.0. The molecule has 0 bridgehead atoms. The third-order valence-electron chi connectivity index (χ3n) is 2.31. The van der Waals surface area contributed by atoms with Crippen molar-refractivity contribution in [2.75, 3.05) is 0 Å². The fourth-order valence-corrected chi connectivity index (χ4v) is 1.64. The van der Waals surface area contributed by atoms with E-state index in [2.05, 4.69) is 4.98 Å². The van der Waals surface area contributed by atoms with E-state index in [9.17, 15) is 4.79 Å². The molecule has 2 aromatic rings. The minimum atomic E-state index is -1.14. The van der Waals surface area contributed by atoms with Gasteiger partial charge in [0.05, 0.1) is 0 Å². The molecule has 100 valence electrons. The van der Waals surface area contributed by atoms with Crippen LogP contribution in [0.2, 0.25) is 0 Å². The van der Waals surface area contributed by atoms with Gasteiger partial charge in [0, 0.05) is 5.56 Å². The first-order valence-electron chi connectivity index (χ1n) is 5.83. The number of nitrogens with zero attached hydrogens (tertiary/aromatic N) is 1. The van der Waals surface area contributed by atoms with Gasteiger partial charge in [-0.05, 0) is 45.0 Å². The summed E-state index contributed by atoms with van der Waals surface area (Å²) in [4.78, 5) is 14.9. The molecule has 0 atom stereocenters. The van der Waals surface area contributed by atoms with Crippen LogP contribution < -0.4 is 4.74 Å². The van der Waals surface area contributed by atoms with E-state index in [0.29, 0.717) is 11.3 Å². The zero-order chi connectivity index (χ0) is 14.0. The molecular formula is C14H15NO4. The van der Waals surface area contributed by atoms with Gasteiger partial charge in [0.2, 0.25) is 5.76 Å². The van der Waals surface area contributed by atoms with Crippen LogP contribution in [-0.2, 0) is 0 Å². The van der Waals surface area contributed by atoms with Crippen LogP contribution in [0, 0.1) is 0 Å². The number of carboxylic acids is 1. The summed E-state index contributed by atoms with van der Waals surface area (Å²) >= 11 is 0. The van der Waals surface area contributed by atoms with Crippen LogP contribution in [-0.4, -0.2) is 21.7 Å². The highest BCUT2D eigenvalue weighted by Crippen LogP contribution is 2.26. The van der Waals surface area contributed by atoms with Crippen LogP contribution >= 0.6 is 0 Å². The lowest BCUT2D eigenvalue weighted by Gasteiger charge is -2.21. The molecule has 0 unspecified atom stereocenters. The van der Waals surface area contributed by atoms with Crippen molar-refractivity contribution in [3.63, 3.8) is 0 Å². The second-order valence-electron chi connectivity index (χ2n) is 5.07. The fourth-order valence-electron chi connectivity index (χ4n) is 1.64. The number of carboxylic acid groups (broad SMARTS) is 1.